The van der Waals surface area contributed by atoms with Crippen LogP contribution in [0.2, 0.25) is 0 Å². The molecule has 2 aromatic carbocycles. The summed E-state index contributed by atoms with van der Waals surface area (Å²) in [5.41, 5.74) is 3.87. The molecule has 5 nitrogen and oxygen atoms in total. The number of carbonyl (C=O) groups is 2. The third kappa shape index (κ3) is 4.57. The Morgan fingerprint density at radius 3 is 2.40 bits per heavy atom. The molecule has 2 saturated heterocycles. The lowest BCUT2D eigenvalue weighted by atomic mass is 9.89. The van der Waals surface area contributed by atoms with Gasteiger partial charge in [-0.15, -0.1) is 0 Å². The summed E-state index contributed by atoms with van der Waals surface area (Å²) in [6.07, 6.45) is 2.98. The van der Waals surface area contributed by atoms with Crippen LogP contribution in [0.3, 0.4) is 0 Å². The average molecular weight is 407 g/mol. The summed E-state index contributed by atoms with van der Waals surface area (Å²) >= 11 is 0. The van der Waals surface area contributed by atoms with Gasteiger partial charge in [0.15, 0.2) is 0 Å². The Balaban J connectivity index is 1.46. The summed E-state index contributed by atoms with van der Waals surface area (Å²) in [5, 5.41) is 0. The first-order chi connectivity index (χ1) is 14.7. The van der Waals surface area contributed by atoms with Crippen LogP contribution in [0.5, 0.6) is 0 Å². The number of aryl methyl sites for hydroxylation is 1. The van der Waals surface area contributed by atoms with Crippen LogP contribution >= 0.6 is 0 Å². The molecule has 0 saturated carbocycles. The van der Waals surface area contributed by atoms with Crippen LogP contribution in [0.4, 0.5) is 0 Å². The number of morpholine rings is 1. The van der Waals surface area contributed by atoms with Crippen molar-refractivity contribution in [3.8, 4) is 0 Å². The molecule has 0 aromatic heterocycles. The second-order valence-electron chi connectivity index (χ2n) is 8.17. The summed E-state index contributed by atoms with van der Waals surface area (Å²) < 4.78 is 5.36. The second-order valence-corrected chi connectivity index (χ2v) is 8.17. The van der Waals surface area contributed by atoms with Crippen molar-refractivity contribution in [1.82, 2.24) is 9.80 Å². The second kappa shape index (κ2) is 9.43. The number of hydrogen-bond donors (Lipinski definition) is 0. The van der Waals surface area contributed by atoms with Crippen molar-refractivity contribution >= 4 is 11.8 Å². The van der Waals surface area contributed by atoms with Crippen LogP contribution < -0.4 is 0 Å². The Kier molecular flexibility index (Phi) is 6.48. The van der Waals surface area contributed by atoms with E-state index in [1.54, 1.807) is 0 Å². The summed E-state index contributed by atoms with van der Waals surface area (Å²) in [7, 11) is 0. The van der Waals surface area contributed by atoms with Gasteiger partial charge < -0.3 is 14.5 Å². The molecule has 0 N–H and O–H groups in total. The summed E-state index contributed by atoms with van der Waals surface area (Å²) in [6.45, 7) is 6.09. The Bertz CT molecular complexity index is 888. The molecular formula is C25H30N2O3. The summed E-state index contributed by atoms with van der Waals surface area (Å²) in [6, 6.07) is 15.9. The highest BCUT2D eigenvalue weighted by atomic mass is 16.5. The maximum Gasteiger partial charge on any atom is 0.254 e. The molecule has 2 aliphatic rings. The average Bonchev–Trinajstić information content (AvgIpc) is 2.84. The predicted molar refractivity (Wildman–Crippen MR) is 117 cm³/mol. The Morgan fingerprint density at radius 2 is 1.67 bits per heavy atom. The third-order valence-electron chi connectivity index (χ3n) is 6.22. The van der Waals surface area contributed by atoms with Crippen molar-refractivity contribution < 1.29 is 14.3 Å². The fourth-order valence-electron chi connectivity index (χ4n) is 4.37. The van der Waals surface area contributed by atoms with Crippen molar-refractivity contribution in [3.63, 3.8) is 0 Å². The molecule has 1 atom stereocenters. The highest BCUT2D eigenvalue weighted by molar-refractivity contribution is 5.95. The molecule has 2 amide bonds. The van der Waals surface area contributed by atoms with E-state index >= 15 is 0 Å². The van der Waals surface area contributed by atoms with Crippen molar-refractivity contribution in [2.75, 3.05) is 39.4 Å². The highest BCUT2D eigenvalue weighted by Gasteiger charge is 2.26. The van der Waals surface area contributed by atoms with Crippen LogP contribution in [0, 0.1) is 0 Å². The summed E-state index contributed by atoms with van der Waals surface area (Å²) in [4.78, 5) is 29.7. The number of hydrogen-bond acceptors (Lipinski definition) is 3. The van der Waals surface area contributed by atoms with Crippen LogP contribution in [0.25, 0.3) is 0 Å². The molecule has 0 radical (unpaired) electrons. The number of piperidine rings is 1. The van der Waals surface area contributed by atoms with E-state index in [-0.39, 0.29) is 17.7 Å². The summed E-state index contributed by atoms with van der Waals surface area (Å²) in [5.74, 6) is 0.429. The van der Waals surface area contributed by atoms with Crippen LogP contribution in [0.15, 0.2) is 48.5 Å². The van der Waals surface area contributed by atoms with E-state index in [4.69, 9.17) is 4.74 Å². The zero-order valence-corrected chi connectivity index (χ0v) is 17.7. The number of likely N-dealkylation sites (tertiary alicyclic amines) is 1. The van der Waals surface area contributed by atoms with Gasteiger partial charge in [-0.25, -0.2) is 0 Å². The lowest BCUT2D eigenvalue weighted by Crippen LogP contribution is -2.41. The van der Waals surface area contributed by atoms with E-state index in [1.165, 1.54) is 5.56 Å². The minimum absolute atomic E-state index is 0.0694. The van der Waals surface area contributed by atoms with Gasteiger partial charge in [0.05, 0.1) is 13.2 Å². The number of amides is 2. The van der Waals surface area contributed by atoms with Crippen molar-refractivity contribution in [2.24, 2.45) is 0 Å². The van der Waals surface area contributed by atoms with Gasteiger partial charge in [-0.3, -0.25) is 9.59 Å². The fourth-order valence-corrected chi connectivity index (χ4v) is 4.37. The number of carbonyl (C=O) groups excluding carboxylic acids is 2. The van der Waals surface area contributed by atoms with Gasteiger partial charge in [0.1, 0.15) is 0 Å². The first kappa shape index (κ1) is 20.6. The molecule has 0 spiro atoms. The highest BCUT2D eigenvalue weighted by Crippen LogP contribution is 2.28. The van der Waals surface area contributed by atoms with Crippen LogP contribution in [0.1, 0.15) is 57.5 Å². The fraction of sp³-hybridized carbons (Fsp3) is 0.440. The van der Waals surface area contributed by atoms with Gasteiger partial charge >= 0.3 is 0 Å². The third-order valence-corrected chi connectivity index (χ3v) is 6.22. The van der Waals surface area contributed by atoms with Crippen LogP contribution in [-0.4, -0.2) is 61.0 Å². The Hall–Kier alpha value is -2.66. The monoisotopic (exact) mass is 406 g/mol. The number of rotatable bonds is 4. The van der Waals surface area contributed by atoms with Gasteiger partial charge in [-0.05, 0) is 54.7 Å². The number of benzene rings is 2. The molecule has 158 valence electrons. The molecule has 30 heavy (non-hydrogen) atoms. The molecule has 4 rings (SSSR count). The van der Waals surface area contributed by atoms with Gasteiger partial charge in [0.2, 0.25) is 0 Å². The van der Waals surface area contributed by atoms with Crippen molar-refractivity contribution in [2.45, 2.75) is 32.1 Å². The molecule has 0 aliphatic carbocycles. The maximum atomic E-state index is 13.0. The maximum absolute atomic E-state index is 13.0. The van der Waals surface area contributed by atoms with Gasteiger partial charge in [0.25, 0.3) is 11.8 Å². The topological polar surface area (TPSA) is 49.9 Å². The SMILES string of the molecule is CCc1ccc(C(=O)N2CCC[C@@H](c3cccc(C(=O)N4CCOCC4)c3)C2)cc1. The Morgan fingerprint density at radius 1 is 0.933 bits per heavy atom. The first-order valence-corrected chi connectivity index (χ1v) is 11.0. The zero-order valence-electron chi connectivity index (χ0n) is 17.7. The molecule has 2 aromatic rings. The smallest absolute Gasteiger partial charge is 0.254 e. The zero-order chi connectivity index (χ0) is 20.9. The van der Waals surface area contributed by atoms with Crippen LogP contribution in [-0.2, 0) is 11.2 Å². The van der Waals surface area contributed by atoms with E-state index in [1.807, 2.05) is 52.3 Å². The van der Waals surface area contributed by atoms with Gasteiger partial charge in [0, 0.05) is 43.2 Å². The van der Waals surface area contributed by atoms with E-state index in [0.717, 1.165) is 42.5 Å². The normalized spacial score (nSPS) is 19.6. The molecule has 2 fully saturated rings. The van der Waals surface area contributed by atoms with Crippen molar-refractivity contribution in [3.05, 3.63) is 70.8 Å². The molecule has 0 unspecified atom stereocenters. The van der Waals surface area contributed by atoms with Gasteiger partial charge in [-0.1, -0.05) is 31.2 Å². The number of nitrogens with zero attached hydrogens (tertiary/aromatic N) is 2. The molecule has 2 aliphatic heterocycles. The molecule has 0 bridgehead atoms. The van der Waals surface area contributed by atoms with E-state index in [9.17, 15) is 9.59 Å². The lowest BCUT2D eigenvalue weighted by Gasteiger charge is -2.33. The Labute approximate surface area is 178 Å². The van der Waals surface area contributed by atoms with E-state index < -0.39 is 0 Å². The van der Waals surface area contributed by atoms with Crippen molar-refractivity contribution in [1.29, 1.82) is 0 Å². The minimum atomic E-state index is 0.0694. The molecule has 2 heterocycles. The molecule has 5 heteroatoms. The first-order valence-electron chi connectivity index (χ1n) is 11.0. The predicted octanol–water partition coefficient (Wildman–Crippen LogP) is 3.74. The van der Waals surface area contributed by atoms with Gasteiger partial charge in [-0.2, -0.15) is 0 Å². The largest absolute Gasteiger partial charge is 0.378 e. The van der Waals surface area contributed by atoms with E-state index in [2.05, 4.69) is 13.0 Å². The minimum Gasteiger partial charge on any atom is -0.378 e. The van der Waals surface area contributed by atoms with E-state index in [0.29, 0.717) is 32.8 Å². The quantitative estimate of drug-likeness (QED) is 0.777. The lowest BCUT2D eigenvalue weighted by molar-refractivity contribution is 0.0302. The standard InChI is InChI=1S/C25H30N2O3/c1-2-19-8-10-20(11-9-19)24(28)27-12-4-7-23(18-27)21-5-3-6-22(17-21)25(29)26-13-15-30-16-14-26/h3,5-6,8-11,17,23H,2,4,7,12-16,18H2,1H3/t23-/m1/s1. The molecular weight excluding hydrogens is 376 g/mol. The number of ether oxygens (including phenoxy) is 1.